The Morgan fingerprint density at radius 1 is 1.47 bits per heavy atom. The van der Waals surface area contributed by atoms with Crippen LogP contribution >= 0.6 is 0 Å². The van der Waals surface area contributed by atoms with Crippen molar-refractivity contribution in [3.8, 4) is 0 Å². The van der Waals surface area contributed by atoms with Gasteiger partial charge in [0.25, 0.3) is 0 Å². The fraction of sp³-hybridized carbons (Fsp3) is 0.364. The standard InChI is InChI=1S/C11H13FO3/c1-7(2)15-11(14)10(13)8-4-3-5-9(12)6-8/h3-7,10,13H,1-2H3/t10-/m0/s1. The van der Waals surface area contributed by atoms with Crippen LogP contribution in [0, 0.1) is 5.82 Å². The Balaban J connectivity index is 2.76. The van der Waals surface area contributed by atoms with Crippen LogP contribution in [0.4, 0.5) is 4.39 Å². The van der Waals surface area contributed by atoms with E-state index in [2.05, 4.69) is 0 Å². The topological polar surface area (TPSA) is 46.5 Å². The van der Waals surface area contributed by atoms with Gasteiger partial charge in [-0.15, -0.1) is 0 Å². The number of ether oxygens (including phenoxy) is 1. The van der Waals surface area contributed by atoms with E-state index in [0.717, 1.165) is 6.07 Å². The lowest BCUT2D eigenvalue weighted by atomic mass is 10.1. The molecule has 15 heavy (non-hydrogen) atoms. The summed E-state index contributed by atoms with van der Waals surface area (Å²) in [7, 11) is 0. The van der Waals surface area contributed by atoms with Crippen molar-refractivity contribution in [3.05, 3.63) is 35.6 Å². The number of aliphatic hydroxyl groups excluding tert-OH is 1. The average Bonchev–Trinajstić information content (AvgIpc) is 2.15. The first-order valence-corrected chi connectivity index (χ1v) is 4.64. The summed E-state index contributed by atoms with van der Waals surface area (Å²) in [6, 6.07) is 5.24. The van der Waals surface area contributed by atoms with Crippen molar-refractivity contribution in [2.45, 2.75) is 26.1 Å². The molecular formula is C11H13FO3. The van der Waals surface area contributed by atoms with E-state index < -0.39 is 17.9 Å². The first-order valence-electron chi connectivity index (χ1n) is 4.64. The Morgan fingerprint density at radius 3 is 2.67 bits per heavy atom. The Kier molecular flexibility index (Phi) is 3.80. The lowest BCUT2D eigenvalue weighted by molar-refractivity contribution is -0.157. The van der Waals surface area contributed by atoms with Crippen LogP contribution < -0.4 is 0 Å². The van der Waals surface area contributed by atoms with E-state index in [9.17, 15) is 14.3 Å². The van der Waals surface area contributed by atoms with Gasteiger partial charge in [0, 0.05) is 0 Å². The van der Waals surface area contributed by atoms with Crippen LogP contribution in [0.2, 0.25) is 0 Å². The highest BCUT2D eigenvalue weighted by molar-refractivity contribution is 5.76. The quantitative estimate of drug-likeness (QED) is 0.777. The fourth-order valence-corrected chi connectivity index (χ4v) is 1.11. The molecule has 0 aliphatic carbocycles. The van der Waals surface area contributed by atoms with Gasteiger partial charge >= 0.3 is 5.97 Å². The highest BCUT2D eigenvalue weighted by Crippen LogP contribution is 2.16. The Labute approximate surface area is 87.5 Å². The third kappa shape index (κ3) is 3.32. The molecular weight excluding hydrogens is 199 g/mol. The molecule has 0 aliphatic rings. The summed E-state index contributed by atoms with van der Waals surface area (Å²) in [5, 5.41) is 9.52. The van der Waals surface area contributed by atoms with Crippen molar-refractivity contribution < 1.29 is 19.0 Å². The number of carbonyl (C=O) groups is 1. The molecule has 1 N–H and O–H groups in total. The van der Waals surface area contributed by atoms with E-state index in [1.165, 1.54) is 18.2 Å². The first kappa shape index (κ1) is 11.7. The highest BCUT2D eigenvalue weighted by atomic mass is 19.1. The zero-order valence-corrected chi connectivity index (χ0v) is 8.61. The molecule has 82 valence electrons. The largest absolute Gasteiger partial charge is 0.461 e. The zero-order valence-electron chi connectivity index (χ0n) is 8.61. The molecule has 0 bridgehead atoms. The van der Waals surface area contributed by atoms with E-state index >= 15 is 0 Å². The summed E-state index contributed by atoms with van der Waals surface area (Å²) in [5.74, 6) is -1.26. The SMILES string of the molecule is CC(C)OC(=O)[C@@H](O)c1cccc(F)c1. The molecule has 0 spiro atoms. The summed E-state index contributed by atoms with van der Waals surface area (Å²) in [6.07, 6.45) is -1.73. The molecule has 0 fully saturated rings. The van der Waals surface area contributed by atoms with E-state index in [4.69, 9.17) is 4.74 Å². The van der Waals surface area contributed by atoms with E-state index in [1.54, 1.807) is 13.8 Å². The van der Waals surface area contributed by atoms with Gasteiger partial charge in [0.15, 0.2) is 6.10 Å². The molecule has 1 aromatic rings. The predicted molar refractivity (Wildman–Crippen MR) is 52.6 cm³/mol. The average molecular weight is 212 g/mol. The van der Waals surface area contributed by atoms with Gasteiger partial charge in [0.1, 0.15) is 5.82 Å². The maximum Gasteiger partial charge on any atom is 0.339 e. The third-order valence-corrected chi connectivity index (χ3v) is 1.74. The fourth-order valence-electron chi connectivity index (χ4n) is 1.11. The molecule has 0 amide bonds. The van der Waals surface area contributed by atoms with Crippen molar-refractivity contribution in [3.63, 3.8) is 0 Å². The molecule has 1 atom stereocenters. The van der Waals surface area contributed by atoms with Gasteiger partial charge in [-0.2, -0.15) is 0 Å². The van der Waals surface area contributed by atoms with Crippen molar-refractivity contribution in [2.75, 3.05) is 0 Å². The Morgan fingerprint density at radius 2 is 2.13 bits per heavy atom. The van der Waals surface area contributed by atoms with Gasteiger partial charge in [-0.25, -0.2) is 9.18 Å². The molecule has 1 aromatic carbocycles. The van der Waals surface area contributed by atoms with Crippen LogP contribution in [0.15, 0.2) is 24.3 Å². The maximum absolute atomic E-state index is 12.8. The Bertz CT molecular complexity index is 349. The summed E-state index contributed by atoms with van der Waals surface area (Å²) < 4.78 is 17.6. The molecule has 0 saturated carbocycles. The minimum absolute atomic E-state index is 0.195. The van der Waals surface area contributed by atoms with Gasteiger partial charge in [0.2, 0.25) is 0 Å². The summed E-state index contributed by atoms with van der Waals surface area (Å²) in [6.45, 7) is 3.35. The van der Waals surface area contributed by atoms with Crippen LogP contribution in [-0.4, -0.2) is 17.2 Å². The number of rotatable bonds is 3. The molecule has 1 rings (SSSR count). The highest BCUT2D eigenvalue weighted by Gasteiger charge is 2.20. The second-order valence-electron chi connectivity index (χ2n) is 3.44. The molecule has 4 heteroatoms. The molecule has 0 heterocycles. The van der Waals surface area contributed by atoms with Gasteiger partial charge in [-0.3, -0.25) is 0 Å². The molecule has 0 saturated heterocycles. The smallest absolute Gasteiger partial charge is 0.339 e. The molecule has 0 radical (unpaired) electrons. The lowest BCUT2D eigenvalue weighted by Gasteiger charge is -2.13. The van der Waals surface area contributed by atoms with E-state index in [1.807, 2.05) is 0 Å². The van der Waals surface area contributed by atoms with E-state index in [-0.39, 0.29) is 11.7 Å². The third-order valence-electron chi connectivity index (χ3n) is 1.74. The molecule has 3 nitrogen and oxygen atoms in total. The summed E-state index contributed by atoms with van der Waals surface area (Å²) in [4.78, 5) is 11.3. The Hall–Kier alpha value is -1.42. The number of hydrogen-bond donors (Lipinski definition) is 1. The van der Waals surface area contributed by atoms with Crippen LogP contribution in [0.1, 0.15) is 25.5 Å². The second-order valence-corrected chi connectivity index (χ2v) is 3.44. The zero-order chi connectivity index (χ0) is 11.4. The minimum atomic E-state index is -1.43. The normalized spacial score (nSPS) is 12.6. The van der Waals surface area contributed by atoms with Gasteiger partial charge in [-0.05, 0) is 31.5 Å². The monoisotopic (exact) mass is 212 g/mol. The van der Waals surface area contributed by atoms with Crippen LogP contribution in [0.5, 0.6) is 0 Å². The molecule has 0 aliphatic heterocycles. The molecule has 0 aromatic heterocycles. The lowest BCUT2D eigenvalue weighted by Crippen LogP contribution is -2.19. The summed E-state index contributed by atoms with van der Waals surface area (Å²) >= 11 is 0. The van der Waals surface area contributed by atoms with Crippen LogP contribution in [0.3, 0.4) is 0 Å². The first-order chi connectivity index (χ1) is 7.00. The summed E-state index contributed by atoms with van der Waals surface area (Å²) in [5.41, 5.74) is 0.195. The number of hydrogen-bond acceptors (Lipinski definition) is 3. The number of esters is 1. The van der Waals surface area contributed by atoms with Gasteiger partial charge < -0.3 is 9.84 Å². The van der Waals surface area contributed by atoms with Crippen molar-refractivity contribution in [1.82, 2.24) is 0 Å². The van der Waals surface area contributed by atoms with Crippen molar-refractivity contribution in [2.24, 2.45) is 0 Å². The minimum Gasteiger partial charge on any atom is -0.461 e. The van der Waals surface area contributed by atoms with Crippen molar-refractivity contribution >= 4 is 5.97 Å². The maximum atomic E-state index is 12.8. The number of benzene rings is 1. The second kappa shape index (κ2) is 4.89. The number of halogens is 1. The molecule has 0 unspecified atom stereocenters. The van der Waals surface area contributed by atoms with E-state index in [0.29, 0.717) is 0 Å². The number of carbonyl (C=O) groups excluding carboxylic acids is 1. The van der Waals surface area contributed by atoms with Gasteiger partial charge in [-0.1, -0.05) is 12.1 Å². The van der Waals surface area contributed by atoms with Crippen LogP contribution in [0.25, 0.3) is 0 Å². The van der Waals surface area contributed by atoms with Crippen molar-refractivity contribution in [1.29, 1.82) is 0 Å². The van der Waals surface area contributed by atoms with Gasteiger partial charge in [0.05, 0.1) is 6.10 Å². The predicted octanol–water partition coefficient (Wildman–Crippen LogP) is 1.81. The van der Waals surface area contributed by atoms with Crippen LogP contribution in [-0.2, 0) is 9.53 Å². The number of aliphatic hydroxyl groups is 1.